The van der Waals surface area contributed by atoms with Crippen molar-refractivity contribution in [3.05, 3.63) is 38.9 Å². The first-order valence-corrected chi connectivity index (χ1v) is 7.08. The molecule has 20 heavy (non-hydrogen) atoms. The van der Waals surface area contributed by atoms with Crippen LogP contribution in [-0.2, 0) is 0 Å². The fourth-order valence-corrected chi connectivity index (χ4v) is 2.81. The van der Waals surface area contributed by atoms with Crippen LogP contribution in [0.4, 0.5) is 5.69 Å². The van der Waals surface area contributed by atoms with Crippen LogP contribution in [0.5, 0.6) is 0 Å². The summed E-state index contributed by atoms with van der Waals surface area (Å²) in [6.07, 6.45) is 4.45. The minimum absolute atomic E-state index is 0.103. The van der Waals surface area contributed by atoms with Crippen molar-refractivity contribution in [3.8, 4) is 0 Å². The lowest BCUT2D eigenvalue weighted by Crippen LogP contribution is -2.41. The topological polar surface area (TPSA) is 72.2 Å². The monoisotopic (exact) mass is 296 g/mol. The van der Waals surface area contributed by atoms with Crippen molar-refractivity contribution < 1.29 is 9.72 Å². The minimum Gasteiger partial charge on any atom is -0.351 e. The second-order valence-electron chi connectivity index (χ2n) is 5.29. The van der Waals surface area contributed by atoms with E-state index in [0.717, 1.165) is 19.3 Å². The Kier molecular flexibility index (Phi) is 4.28. The number of nitro groups is 1. The molecule has 0 aliphatic heterocycles. The van der Waals surface area contributed by atoms with Crippen LogP contribution < -0.4 is 5.32 Å². The van der Waals surface area contributed by atoms with Gasteiger partial charge in [-0.05, 0) is 30.7 Å². The van der Waals surface area contributed by atoms with Gasteiger partial charge in [0.1, 0.15) is 5.02 Å². The van der Waals surface area contributed by atoms with Crippen LogP contribution in [0.2, 0.25) is 5.02 Å². The first kappa shape index (κ1) is 14.8. The maximum atomic E-state index is 12.1. The highest BCUT2D eigenvalue weighted by Crippen LogP contribution is 2.43. The van der Waals surface area contributed by atoms with E-state index in [1.165, 1.54) is 24.6 Å². The van der Waals surface area contributed by atoms with E-state index < -0.39 is 4.92 Å². The number of hydrogen-bond donors (Lipinski definition) is 1. The SMILES string of the molecule is CCC1(CNC(=O)c2cccc([N+](=O)[O-])c2Cl)CCC1. The van der Waals surface area contributed by atoms with E-state index in [-0.39, 0.29) is 27.6 Å². The Hall–Kier alpha value is -1.62. The van der Waals surface area contributed by atoms with Crippen molar-refractivity contribution in [3.63, 3.8) is 0 Å². The molecule has 5 nitrogen and oxygen atoms in total. The van der Waals surface area contributed by atoms with E-state index in [0.29, 0.717) is 6.54 Å². The van der Waals surface area contributed by atoms with Crippen molar-refractivity contribution in [2.45, 2.75) is 32.6 Å². The number of benzene rings is 1. The summed E-state index contributed by atoms with van der Waals surface area (Å²) in [6, 6.07) is 4.26. The minimum atomic E-state index is -0.585. The number of carbonyl (C=O) groups is 1. The molecule has 0 aromatic heterocycles. The first-order chi connectivity index (χ1) is 9.49. The van der Waals surface area contributed by atoms with Gasteiger partial charge in [0.2, 0.25) is 0 Å². The lowest BCUT2D eigenvalue weighted by atomic mass is 9.67. The number of nitro benzene ring substituents is 1. The molecular weight excluding hydrogens is 280 g/mol. The van der Waals surface area contributed by atoms with Crippen LogP contribution in [0.15, 0.2) is 18.2 Å². The van der Waals surface area contributed by atoms with Crippen molar-refractivity contribution in [2.24, 2.45) is 5.41 Å². The molecule has 1 fully saturated rings. The normalized spacial score (nSPS) is 16.3. The van der Waals surface area contributed by atoms with Gasteiger partial charge in [0.25, 0.3) is 11.6 Å². The van der Waals surface area contributed by atoms with Crippen molar-refractivity contribution in [1.82, 2.24) is 5.32 Å². The number of amides is 1. The zero-order chi connectivity index (χ0) is 14.8. The van der Waals surface area contributed by atoms with Crippen LogP contribution in [-0.4, -0.2) is 17.4 Å². The average molecular weight is 297 g/mol. The molecule has 1 N–H and O–H groups in total. The van der Waals surface area contributed by atoms with Gasteiger partial charge in [0.05, 0.1) is 10.5 Å². The molecule has 108 valence electrons. The first-order valence-electron chi connectivity index (χ1n) is 6.70. The number of nitrogens with one attached hydrogen (secondary N) is 1. The third-order valence-corrected chi connectivity index (χ3v) is 4.61. The van der Waals surface area contributed by atoms with Gasteiger partial charge in [-0.2, -0.15) is 0 Å². The van der Waals surface area contributed by atoms with E-state index >= 15 is 0 Å². The molecule has 0 radical (unpaired) electrons. The standard InChI is InChI=1S/C14H17ClN2O3/c1-2-14(7-4-8-14)9-16-13(18)10-5-3-6-11(12(10)15)17(19)20/h3,5-6H,2,4,7-9H2,1H3,(H,16,18). The summed E-state index contributed by atoms with van der Waals surface area (Å²) < 4.78 is 0. The maximum Gasteiger partial charge on any atom is 0.288 e. The van der Waals surface area contributed by atoms with Crippen molar-refractivity contribution in [2.75, 3.05) is 6.54 Å². The zero-order valence-electron chi connectivity index (χ0n) is 11.3. The quantitative estimate of drug-likeness (QED) is 0.667. The van der Waals surface area contributed by atoms with E-state index in [1.807, 2.05) is 0 Å². The second kappa shape index (κ2) is 5.79. The summed E-state index contributed by atoms with van der Waals surface area (Å²) in [5.74, 6) is -0.349. The molecule has 1 saturated carbocycles. The molecule has 0 bridgehead atoms. The molecular formula is C14H17ClN2O3. The van der Waals surface area contributed by atoms with E-state index in [9.17, 15) is 14.9 Å². The number of nitrogens with zero attached hydrogens (tertiary/aromatic N) is 1. The highest BCUT2D eigenvalue weighted by molar-refractivity contribution is 6.35. The fourth-order valence-electron chi connectivity index (χ4n) is 2.53. The Morgan fingerprint density at radius 1 is 1.50 bits per heavy atom. The summed E-state index contributed by atoms with van der Waals surface area (Å²) in [6.45, 7) is 2.72. The highest BCUT2D eigenvalue weighted by Gasteiger charge is 2.35. The predicted octanol–water partition coefficient (Wildman–Crippen LogP) is 3.56. The van der Waals surface area contributed by atoms with Gasteiger partial charge in [0.15, 0.2) is 0 Å². The van der Waals surface area contributed by atoms with Gasteiger partial charge < -0.3 is 5.32 Å². The Labute approximate surface area is 122 Å². The van der Waals surface area contributed by atoms with Gasteiger partial charge in [-0.3, -0.25) is 14.9 Å². The second-order valence-corrected chi connectivity index (χ2v) is 5.66. The number of halogens is 1. The Bertz CT molecular complexity index is 536. The molecule has 0 spiro atoms. The van der Waals surface area contributed by atoms with Crippen molar-refractivity contribution >= 4 is 23.2 Å². The van der Waals surface area contributed by atoms with Gasteiger partial charge in [-0.25, -0.2) is 0 Å². The molecule has 2 rings (SSSR count). The van der Waals surface area contributed by atoms with Crippen LogP contribution in [0.1, 0.15) is 43.0 Å². The van der Waals surface area contributed by atoms with Gasteiger partial charge in [0, 0.05) is 12.6 Å². The fraction of sp³-hybridized carbons (Fsp3) is 0.500. The van der Waals surface area contributed by atoms with Crippen LogP contribution in [0, 0.1) is 15.5 Å². The maximum absolute atomic E-state index is 12.1. The lowest BCUT2D eigenvalue weighted by molar-refractivity contribution is -0.384. The summed E-state index contributed by atoms with van der Waals surface area (Å²) >= 11 is 5.93. The molecule has 0 atom stereocenters. The molecule has 6 heteroatoms. The number of hydrogen-bond acceptors (Lipinski definition) is 3. The lowest BCUT2D eigenvalue weighted by Gasteiger charge is -2.41. The molecule has 0 unspecified atom stereocenters. The summed E-state index contributed by atoms with van der Waals surface area (Å²) in [5.41, 5.74) is 0.114. The third kappa shape index (κ3) is 2.77. The largest absolute Gasteiger partial charge is 0.351 e. The average Bonchev–Trinajstić information content (AvgIpc) is 2.37. The summed E-state index contributed by atoms with van der Waals surface area (Å²) in [5, 5.41) is 13.6. The molecule has 1 aliphatic carbocycles. The predicted molar refractivity (Wildman–Crippen MR) is 77.0 cm³/mol. The molecule has 0 saturated heterocycles. The van der Waals surface area contributed by atoms with Crippen LogP contribution in [0.25, 0.3) is 0 Å². The Morgan fingerprint density at radius 3 is 2.70 bits per heavy atom. The number of rotatable bonds is 5. The van der Waals surface area contributed by atoms with Crippen molar-refractivity contribution in [1.29, 1.82) is 0 Å². The third-order valence-electron chi connectivity index (χ3n) is 4.21. The smallest absolute Gasteiger partial charge is 0.288 e. The molecule has 1 aromatic carbocycles. The highest BCUT2D eigenvalue weighted by atomic mass is 35.5. The van der Waals surface area contributed by atoms with Gasteiger partial charge >= 0.3 is 0 Å². The van der Waals surface area contributed by atoms with E-state index in [2.05, 4.69) is 12.2 Å². The molecule has 0 heterocycles. The molecule has 1 amide bonds. The van der Waals surface area contributed by atoms with Crippen LogP contribution in [0.3, 0.4) is 0 Å². The van der Waals surface area contributed by atoms with E-state index in [4.69, 9.17) is 11.6 Å². The molecule has 1 aromatic rings. The van der Waals surface area contributed by atoms with Gasteiger partial charge in [-0.1, -0.05) is 31.0 Å². The summed E-state index contributed by atoms with van der Waals surface area (Å²) in [4.78, 5) is 22.3. The Morgan fingerprint density at radius 2 is 2.20 bits per heavy atom. The molecule has 1 aliphatic rings. The summed E-state index contributed by atoms with van der Waals surface area (Å²) in [7, 11) is 0. The van der Waals surface area contributed by atoms with Gasteiger partial charge in [-0.15, -0.1) is 0 Å². The van der Waals surface area contributed by atoms with E-state index in [1.54, 1.807) is 0 Å². The van der Waals surface area contributed by atoms with Crippen LogP contribution >= 0.6 is 11.6 Å². The Balaban J connectivity index is 2.10. The number of carbonyl (C=O) groups excluding carboxylic acids is 1. The zero-order valence-corrected chi connectivity index (χ0v) is 12.1.